The third-order valence-electron chi connectivity index (χ3n) is 3.93. The highest BCUT2D eigenvalue weighted by Crippen LogP contribution is 2.18. The zero-order valence-corrected chi connectivity index (χ0v) is 14.3. The van der Waals surface area contributed by atoms with Crippen molar-refractivity contribution in [3.63, 3.8) is 0 Å². The summed E-state index contributed by atoms with van der Waals surface area (Å²) in [5.74, 6) is 1.52. The standard InChI is InChI=1S/C18H29N3O2/c1-14(2)16-5-3-6-17(11-16)21-18(19)20-8-4-9-22-12-15-7-10-23-13-15/h3,5-6,11,14-15H,4,7-10,12-13H2,1-2H3,(H3,19,20,21). The summed E-state index contributed by atoms with van der Waals surface area (Å²) in [7, 11) is 0. The van der Waals surface area contributed by atoms with Gasteiger partial charge in [-0.25, -0.2) is 0 Å². The highest BCUT2D eigenvalue weighted by molar-refractivity contribution is 5.92. The molecule has 1 aromatic rings. The maximum absolute atomic E-state index is 5.93. The zero-order chi connectivity index (χ0) is 16.5. The molecule has 1 aliphatic heterocycles. The van der Waals surface area contributed by atoms with E-state index in [0.717, 1.165) is 45.0 Å². The number of anilines is 1. The van der Waals surface area contributed by atoms with Crippen molar-refractivity contribution in [3.05, 3.63) is 29.8 Å². The van der Waals surface area contributed by atoms with Crippen LogP contribution in [0, 0.1) is 5.92 Å². The average Bonchev–Trinajstić information content (AvgIpc) is 3.04. The van der Waals surface area contributed by atoms with Crippen molar-refractivity contribution in [2.75, 3.05) is 38.3 Å². The molecule has 1 atom stereocenters. The van der Waals surface area contributed by atoms with Crippen LogP contribution in [0.4, 0.5) is 5.69 Å². The summed E-state index contributed by atoms with van der Waals surface area (Å²) in [6.07, 6.45) is 1.99. The van der Waals surface area contributed by atoms with Crippen LogP contribution in [0.15, 0.2) is 29.3 Å². The second-order valence-corrected chi connectivity index (χ2v) is 6.33. The largest absolute Gasteiger partial charge is 0.381 e. The lowest BCUT2D eigenvalue weighted by molar-refractivity contribution is 0.0893. The van der Waals surface area contributed by atoms with E-state index in [0.29, 0.717) is 24.3 Å². The van der Waals surface area contributed by atoms with Gasteiger partial charge < -0.3 is 20.5 Å². The molecule has 0 bridgehead atoms. The maximum Gasteiger partial charge on any atom is 0.193 e. The van der Waals surface area contributed by atoms with Crippen molar-refractivity contribution < 1.29 is 9.47 Å². The molecule has 23 heavy (non-hydrogen) atoms. The van der Waals surface area contributed by atoms with E-state index in [1.165, 1.54) is 5.56 Å². The molecule has 0 aromatic heterocycles. The van der Waals surface area contributed by atoms with Gasteiger partial charge in [-0.1, -0.05) is 26.0 Å². The van der Waals surface area contributed by atoms with Gasteiger partial charge in [0.15, 0.2) is 5.96 Å². The van der Waals surface area contributed by atoms with E-state index in [2.05, 4.69) is 36.3 Å². The maximum atomic E-state index is 5.93. The summed E-state index contributed by atoms with van der Waals surface area (Å²) in [4.78, 5) is 4.34. The van der Waals surface area contributed by atoms with E-state index in [9.17, 15) is 0 Å². The Morgan fingerprint density at radius 2 is 2.35 bits per heavy atom. The molecule has 0 amide bonds. The molecule has 1 unspecified atom stereocenters. The fourth-order valence-electron chi connectivity index (χ4n) is 2.49. The number of nitrogens with one attached hydrogen (secondary N) is 1. The van der Waals surface area contributed by atoms with Gasteiger partial charge in [-0.3, -0.25) is 4.99 Å². The molecule has 1 heterocycles. The molecule has 5 heteroatoms. The average molecular weight is 319 g/mol. The van der Waals surface area contributed by atoms with Crippen LogP contribution in [0.3, 0.4) is 0 Å². The summed E-state index contributed by atoms with van der Waals surface area (Å²) in [6.45, 7) is 8.24. The predicted octanol–water partition coefficient (Wildman–Crippen LogP) is 2.98. The quantitative estimate of drug-likeness (QED) is 0.439. The number of rotatable bonds is 8. The minimum atomic E-state index is 0.454. The number of nitrogens with zero attached hydrogens (tertiary/aromatic N) is 1. The van der Waals surface area contributed by atoms with Crippen molar-refractivity contribution in [2.45, 2.75) is 32.6 Å². The van der Waals surface area contributed by atoms with Crippen molar-refractivity contribution in [2.24, 2.45) is 16.6 Å². The van der Waals surface area contributed by atoms with Crippen LogP contribution in [-0.2, 0) is 9.47 Å². The minimum Gasteiger partial charge on any atom is -0.381 e. The van der Waals surface area contributed by atoms with Crippen molar-refractivity contribution in [3.8, 4) is 0 Å². The first-order valence-electron chi connectivity index (χ1n) is 8.47. The molecular formula is C18H29N3O2. The molecule has 0 spiro atoms. The Hall–Kier alpha value is -1.59. The first kappa shape index (κ1) is 17.8. The Balaban J connectivity index is 1.63. The zero-order valence-electron chi connectivity index (χ0n) is 14.3. The van der Waals surface area contributed by atoms with Gasteiger partial charge in [-0.2, -0.15) is 0 Å². The van der Waals surface area contributed by atoms with Gasteiger partial charge in [0.1, 0.15) is 0 Å². The van der Waals surface area contributed by atoms with Crippen LogP contribution in [-0.4, -0.2) is 38.9 Å². The van der Waals surface area contributed by atoms with Gasteiger partial charge in [0.2, 0.25) is 0 Å². The minimum absolute atomic E-state index is 0.454. The van der Waals surface area contributed by atoms with E-state index in [-0.39, 0.29) is 0 Å². The number of aliphatic imine (C=N–C) groups is 1. The Labute approximate surface area is 139 Å². The third kappa shape index (κ3) is 6.59. The van der Waals surface area contributed by atoms with E-state index >= 15 is 0 Å². The normalized spacial score (nSPS) is 18.6. The van der Waals surface area contributed by atoms with Gasteiger partial charge in [0.05, 0.1) is 13.2 Å². The molecular weight excluding hydrogens is 290 g/mol. The molecule has 0 aliphatic carbocycles. The number of guanidine groups is 1. The Kier molecular flexibility index (Phi) is 7.36. The van der Waals surface area contributed by atoms with E-state index in [1.807, 2.05) is 12.1 Å². The van der Waals surface area contributed by atoms with Crippen molar-refractivity contribution in [1.29, 1.82) is 0 Å². The summed E-state index contributed by atoms with van der Waals surface area (Å²) < 4.78 is 11.0. The number of hydrogen-bond donors (Lipinski definition) is 2. The van der Waals surface area contributed by atoms with Crippen molar-refractivity contribution >= 4 is 11.6 Å². The molecule has 1 aromatic carbocycles. The third-order valence-corrected chi connectivity index (χ3v) is 3.93. The predicted molar refractivity (Wildman–Crippen MR) is 95.0 cm³/mol. The SMILES string of the molecule is CC(C)c1cccc(NC(N)=NCCCOCC2CCOC2)c1. The van der Waals surface area contributed by atoms with Crippen LogP contribution in [0.2, 0.25) is 0 Å². The first-order chi connectivity index (χ1) is 11.1. The van der Waals surface area contributed by atoms with Crippen LogP contribution in [0.5, 0.6) is 0 Å². The molecule has 5 nitrogen and oxygen atoms in total. The van der Waals surface area contributed by atoms with Gasteiger partial charge in [-0.05, 0) is 36.5 Å². The van der Waals surface area contributed by atoms with Crippen LogP contribution >= 0.6 is 0 Å². The summed E-state index contributed by atoms with van der Waals surface area (Å²) in [5.41, 5.74) is 8.19. The molecule has 3 N–H and O–H groups in total. The Bertz CT molecular complexity index is 497. The van der Waals surface area contributed by atoms with Gasteiger partial charge in [0.25, 0.3) is 0 Å². The van der Waals surface area contributed by atoms with Crippen LogP contribution < -0.4 is 11.1 Å². The second kappa shape index (κ2) is 9.53. The van der Waals surface area contributed by atoms with Gasteiger partial charge in [0, 0.05) is 31.4 Å². The number of benzene rings is 1. The number of hydrogen-bond acceptors (Lipinski definition) is 3. The number of nitrogens with two attached hydrogens (primary N) is 1. The summed E-state index contributed by atoms with van der Waals surface area (Å²) in [6, 6.07) is 8.27. The monoisotopic (exact) mass is 319 g/mol. The highest BCUT2D eigenvalue weighted by atomic mass is 16.5. The smallest absolute Gasteiger partial charge is 0.193 e. The van der Waals surface area contributed by atoms with Gasteiger partial charge >= 0.3 is 0 Å². The van der Waals surface area contributed by atoms with Crippen molar-refractivity contribution in [1.82, 2.24) is 0 Å². The lowest BCUT2D eigenvalue weighted by Gasteiger charge is -2.10. The van der Waals surface area contributed by atoms with Crippen LogP contribution in [0.1, 0.15) is 38.2 Å². The van der Waals surface area contributed by atoms with E-state index < -0.39 is 0 Å². The molecule has 0 saturated carbocycles. The molecule has 0 radical (unpaired) electrons. The highest BCUT2D eigenvalue weighted by Gasteiger charge is 2.15. The summed E-state index contributed by atoms with van der Waals surface area (Å²) >= 11 is 0. The Morgan fingerprint density at radius 1 is 1.48 bits per heavy atom. The second-order valence-electron chi connectivity index (χ2n) is 6.33. The molecule has 2 rings (SSSR count). The molecule has 1 aliphatic rings. The van der Waals surface area contributed by atoms with E-state index in [4.69, 9.17) is 15.2 Å². The Morgan fingerprint density at radius 3 is 3.09 bits per heavy atom. The van der Waals surface area contributed by atoms with E-state index in [1.54, 1.807) is 0 Å². The first-order valence-corrected chi connectivity index (χ1v) is 8.47. The fourth-order valence-corrected chi connectivity index (χ4v) is 2.49. The van der Waals surface area contributed by atoms with Crippen LogP contribution in [0.25, 0.3) is 0 Å². The molecule has 128 valence electrons. The number of ether oxygens (including phenoxy) is 2. The molecule has 1 fully saturated rings. The molecule has 1 saturated heterocycles. The topological polar surface area (TPSA) is 68.9 Å². The van der Waals surface area contributed by atoms with Gasteiger partial charge in [-0.15, -0.1) is 0 Å². The lowest BCUT2D eigenvalue weighted by Crippen LogP contribution is -2.23. The fraction of sp³-hybridized carbons (Fsp3) is 0.611. The summed E-state index contributed by atoms with van der Waals surface area (Å²) in [5, 5.41) is 3.14. The lowest BCUT2D eigenvalue weighted by atomic mass is 10.0.